The maximum Gasteiger partial charge on any atom is 0.310 e. The van der Waals surface area contributed by atoms with E-state index in [2.05, 4.69) is 0 Å². The normalized spacial score (nSPS) is 18.5. The molecule has 1 aromatic carbocycles. The number of aliphatic carboxylic acids is 1. The zero-order valence-corrected chi connectivity index (χ0v) is 9.32. The summed E-state index contributed by atoms with van der Waals surface area (Å²) in [6.07, 6.45) is 0.503. The van der Waals surface area contributed by atoms with E-state index in [9.17, 15) is 4.79 Å². The molecule has 0 aromatic heterocycles. The first-order chi connectivity index (χ1) is 7.61. The van der Waals surface area contributed by atoms with Gasteiger partial charge in [-0.15, -0.1) is 0 Å². The van der Waals surface area contributed by atoms with Crippen LogP contribution in [-0.2, 0) is 11.2 Å². The lowest BCUT2D eigenvalue weighted by molar-refractivity contribution is -0.143. The van der Waals surface area contributed by atoms with E-state index < -0.39 is 11.9 Å². The van der Waals surface area contributed by atoms with E-state index in [0.717, 1.165) is 11.1 Å². The third-order valence-corrected chi connectivity index (χ3v) is 2.74. The number of carboxylic acid groups (broad SMARTS) is 1. The molecule has 0 spiro atoms. The summed E-state index contributed by atoms with van der Waals surface area (Å²) in [5.41, 5.74) is 1.96. The highest BCUT2D eigenvalue weighted by Crippen LogP contribution is 2.37. The Labute approximate surface area is 93.8 Å². The quantitative estimate of drug-likeness (QED) is 0.826. The van der Waals surface area contributed by atoms with Crippen LogP contribution in [0, 0.1) is 12.8 Å². The smallest absolute Gasteiger partial charge is 0.310 e. The Morgan fingerprint density at radius 1 is 1.56 bits per heavy atom. The summed E-state index contributed by atoms with van der Waals surface area (Å²) in [7, 11) is 1.59. The van der Waals surface area contributed by atoms with Crippen LogP contribution in [0.5, 0.6) is 11.5 Å². The molecule has 1 heterocycles. The molecule has 86 valence electrons. The van der Waals surface area contributed by atoms with Gasteiger partial charge in [-0.3, -0.25) is 4.79 Å². The number of benzene rings is 1. The Morgan fingerprint density at radius 3 is 2.94 bits per heavy atom. The molecule has 1 unspecified atom stereocenters. The molecule has 0 radical (unpaired) electrons. The van der Waals surface area contributed by atoms with Crippen molar-refractivity contribution in [2.24, 2.45) is 5.92 Å². The molecule has 0 bridgehead atoms. The number of aryl methyl sites for hydroxylation is 1. The molecule has 1 aliphatic heterocycles. The molecule has 0 fully saturated rings. The van der Waals surface area contributed by atoms with Gasteiger partial charge in [-0.2, -0.15) is 0 Å². The van der Waals surface area contributed by atoms with Crippen LogP contribution in [0.25, 0.3) is 0 Å². The van der Waals surface area contributed by atoms with Crippen LogP contribution < -0.4 is 9.47 Å². The Balaban J connectivity index is 2.38. The monoisotopic (exact) mass is 222 g/mol. The van der Waals surface area contributed by atoms with E-state index >= 15 is 0 Å². The molecule has 0 amide bonds. The van der Waals surface area contributed by atoms with Crippen molar-refractivity contribution in [3.05, 3.63) is 23.3 Å². The van der Waals surface area contributed by atoms with E-state index in [-0.39, 0.29) is 6.61 Å². The van der Waals surface area contributed by atoms with Crippen molar-refractivity contribution in [1.82, 2.24) is 0 Å². The molecule has 1 N–H and O–H groups in total. The predicted octanol–water partition coefficient (Wildman–Crippen LogP) is 1.64. The molecule has 1 aliphatic rings. The molecular weight excluding hydrogens is 208 g/mol. The van der Waals surface area contributed by atoms with Gasteiger partial charge in [0, 0.05) is 0 Å². The third-order valence-electron chi connectivity index (χ3n) is 2.74. The van der Waals surface area contributed by atoms with Gasteiger partial charge >= 0.3 is 5.97 Å². The third kappa shape index (κ3) is 1.83. The average molecular weight is 222 g/mol. The van der Waals surface area contributed by atoms with Gasteiger partial charge in [-0.05, 0) is 30.5 Å². The van der Waals surface area contributed by atoms with Gasteiger partial charge in [0.2, 0.25) is 0 Å². The van der Waals surface area contributed by atoms with Crippen LogP contribution in [0.2, 0.25) is 0 Å². The van der Waals surface area contributed by atoms with Crippen LogP contribution >= 0.6 is 0 Å². The zero-order chi connectivity index (χ0) is 11.7. The van der Waals surface area contributed by atoms with Crippen LogP contribution in [0.15, 0.2) is 12.1 Å². The van der Waals surface area contributed by atoms with E-state index in [1.807, 2.05) is 19.1 Å². The molecule has 1 atom stereocenters. The van der Waals surface area contributed by atoms with Crippen LogP contribution in [0.1, 0.15) is 11.1 Å². The van der Waals surface area contributed by atoms with Crippen molar-refractivity contribution >= 4 is 5.97 Å². The summed E-state index contributed by atoms with van der Waals surface area (Å²) in [6, 6.07) is 3.84. The van der Waals surface area contributed by atoms with Gasteiger partial charge in [0.1, 0.15) is 6.61 Å². The van der Waals surface area contributed by atoms with Crippen LogP contribution in [0.3, 0.4) is 0 Å². The van der Waals surface area contributed by atoms with E-state index in [4.69, 9.17) is 14.6 Å². The number of hydrogen-bond acceptors (Lipinski definition) is 3. The lowest BCUT2D eigenvalue weighted by Gasteiger charge is -2.24. The zero-order valence-electron chi connectivity index (χ0n) is 9.32. The number of carboxylic acids is 1. The number of rotatable bonds is 2. The van der Waals surface area contributed by atoms with Gasteiger partial charge in [0.15, 0.2) is 11.5 Å². The molecular formula is C12H14O4. The second-order valence-electron chi connectivity index (χ2n) is 4.01. The van der Waals surface area contributed by atoms with Crippen LogP contribution in [0.4, 0.5) is 0 Å². The van der Waals surface area contributed by atoms with Crippen molar-refractivity contribution in [3.8, 4) is 11.5 Å². The Bertz CT molecular complexity index is 425. The van der Waals surface area contributed by atoms with E-state index in [1.165, 1.54) is 0 Å². The largest absolute Gasteiger partial charge is 0.493 e. The molecule has 0 saturated heterocycles. The lowest BCUT2D eigenvalue weighted by atomic mass is 9.95. The minimum atomic E-state index is -0.814. The van der Waals surface area contributed by atoms with Gasteiger partial charge < -0.3 is 14.6 Å². The van der Waals surface area contributed by atoms with Crippen molar-refractivity contribution in [2.45, 2.75) is 13.3 Å². The molecule has 16 heavy (non-hydrogen) atoms. The molecule has 4 heteroatoms. The number of methoxy groups -OCH3 is 1. The Kier molecular flexibility index (Phi) is 2.73. The summed E-state index contributed by atoms with van der Waals surface area (Å²) in [6.45, 7) is 2.16. The van der Waals surface area contributed by atoms with E-state index in [0.29, 0.717) is 17.9 Å². The number of hydrogen-bond donors (Lipinski definition) is 1. The van der Waals surface area contributed by atoms with Crippen molar-refractivity contribution in [3.63, 3.8) is 0 Å². The minimum Gasteiger partial charge on any atom is -0.493 e. The highest BCUT2D eigenvalue weighted by atomic mass is 16.5. The van der Waals surface area contributed by atoms with Crippen molar-refractivity contribution < 1.29 is 19.4 Å². The summed E-state index contributed by atoms with van der Waals surface area (Å²) in [4.78, 5) is 10.9. The fraction of sp³-hybridized carbons (Fsp3) is 0.417. The molecule has 1 aromatic rings. The molecule has 0 saturated carbocycles. The van der Waals surface area contributed by atoms with Gasteiger partial charge in [0.05, 0.1) is 13.0 Å². The molecule has 4 nitrogen and oxygen atoms in total. The highest BCUT2D eigenvalue weighted by molar-refractivity contribution is 5.71. The predicted molar refractivity (Wildman–Crippen MR) is 58.1 cm³/mol. The second kappa shape index (κ2) is 4.04. The summed E-state index contributed by atoms with van der Waals surface area (Å²) >= 11 is 0. The number of fused-ring (bicyclic) bond motifs is 1. The first-order valence-corrected chi connectivity index (χ1v) is 5.15. The summed E-state index contributed by atoms with van der Waals surface area (Å²) in [5.74, 6) is 0.0922. The Hall–Kier alpha value is -1.71. The molecule has 2 rings (SSSR count). The number of ether oxygens (including phenoxy) is 2. The first-order valence-electron chi connectivity index (χ1n) is 5.15. The van der Waals surface area contributed by atoms with Crippen molar-refractivity contribution in [1.29, 1.82) is 0 Å². The summed E-state index contributed by atoms with van der Waals surface area (Å²) < 4.78 is 10.7. The standard InChI is InChI=1S/C12H14O4/c1-7-3-8-5-9(12(13)14)6-16-11(8)10(4-7)15-2/h3-4,9H,5-6H2,1-2H3,(H,13,14). The fourth-order valence-electron chi connectivity index (χ4n) is 1.95. The Morgan fingerprint density at radius 2 is 2.31 bits per heavy atom. The van der Waals surface area contributed by atoms with E-state index in [1.54, 1.807) is 7.11 Å². The first kappa shape index (κ1) is 10.8. The second-order valence-corrected chi connectivity index (χ2v) is 4.01. The minimum absolute atomic E-state index is 0.210. The van der Waals surface area contributed by atoms with Crippen LogP contribution in [-0.4, -0.2) is 24.8 Å². The van der Waals surface area contributed by atoms with Gasteiger partial charge in [0.25, 0.3) is 0 Å². The highest BCUT2D eigenvalue weighted by Gasteiger charge is 2.27. The van der Waals surface area contributed by atoms with Crippen molar-refractivity contribution in [2.75, 3.05) is 13.7 Å². The van der Waals surface area contributed by atoms with Gasteiger partial charge in [-0.1, -0.05) is 6.07 Å². The van der Waals surface area contributed by atoms with Gasteiger partial charge in [-0.25, -0.2) is 0 Å². The average Bonchev–Trinajstić information content (AvgIpc) is 2.26. The maximum atomic E-state index is 10.9. The topological polar surface area (TPSA) is 55.8 Å². The molecule has 0 aliphatic carbocycles. The summed E-state index contributed by atoms with van der Waals surface area (Å²) in [5, 5.41) is 8.95. The number of carbonyl (C=O) groups is 1. The fourth-order valence-corrected chi connectivity index (χ4v) is 1.95. The maximum absolute atomic E-state index is 10.9. The SMILES string of the molecule is COc1cc(C)cc2c1OCC(C(=O)O)C2. The lowest BCUT2D eigenvalue weighted by Crippen LogP contribution is -2.28.